The Kier molecular flexibility index (Phi) is 5.22. The number of alkyl halides is 1. The lowest BCUT2D eigenvalue weighted by atomic mass is 10.1. The summed E-state index contributed by atoms with van der Waals surface area (Å²) < 4.78 is 27.7. The van der Waals surface area contributed by atoms with Crippen LogP contribution in [0.1, 0.15) is 33.1 Å². The highest BCUT2D eigenvalue weighted by atomic mass is 79.9. The minimum Gasteiger partial charge on any atom is -0.202 e. The molecule has 1 fully saturated rings. The van der Waals surface area contributed by atoms with Crippen molar-refractivity contribution in [3.63, 3.8) is 0 Å². The Hall–Kier alpha value is 0.350. The molecule has 0 radical (unpaired) electrons. The van der Waals surface area contributed by atoms with Crippen LogP contribution in [0, 0.1) is 5.92 Å². The standard InChI is InChI=1S/C10H21BrN2O2S/c1-8(2)13(3)16(14,15)12-7-9-5-4-6-10(9)11/h8-10,12H,4-7H2,1-3H3. The van der Waals surface area contributed by atoms with Crippen LogP contribution in [0.2, 0.25) is 0 Å². The van der Waals surface area contributed by atoms with Crippen LogP contribution < -0.4 is 4.72 Å². The summed E-state index contributed by atoms with van der Waals surface area (Å²) >= 11 is 3.59. The summed E-state index contributed by atoms with van der Waals surface area (Å²) in [6.45, 7) is 4.26. The fourth-order valence-corrected chi connectivity index (χ4v) is 3.77. The number of hydrogen-bond donors (Lipinski definition) is 1. The molecule has 0 spiro atoms. The molecule has 6 heteroatoms. The van der Waals surface area contributed by atoms with E-state index in [1.807, 2.05) is 13.8 Å². The summed E-state index contributed by atoms with van der Waals surface area (Å²) in [6, 6.07) is -0.0131. The molecule has 0 bridgehead atoms. The zero-order valence-corrected chi connectivity index (χ0v) is 12.5. The van der Waals surface area contributed by atoms with Crippen LogP contribution >= 0.6 is 15.9 Å². The molecule has 1 rings (SSSR count). The highest BCUT2D eigenvalue weighted by Gasteiger charge is 2.27. The molecule has 1 aliphatic rings. The lowest BCUT2D eigenvalue weighted by Crippen LogP contribution is -2.43. The molecule has 96 valence electrons. The fourth-order valence-electron chi connectivity index (χ4n) is 1.81. The number of rotatable bonds is 5. The van der Waals surface area contributed by atoms with E-state index in [0.717, 1.165) is 12.8 Å². The summed E-state index contributed by atoms with van der Waals surface area (Å²) in [6.07, 6.45) is 3.43. The first-order valence-corrected chi connectivity index (χ1v) is 8.07. The van der Waals surface area contributed by atoms with Gasteiger partial charge < -0.3 is 0 Å². The SMILES string of the molecule is CC(C)N(C)S(=O)(=O)NCC1CCCC1Br. The molecule has 1 N–H and O–H groups in total. The predicted molar refractivity (Wildman–Crippen MR) is 69.9 cm³/mol. The molecule has 0 aliphatic heterocycles. The molecule has 4 nitrogen and oxygen atoms in total. The number of nitrogens with zero attached hydrogens (tertiary/aromatic N) is 1. The Bertz CT molecular complexity index is 319. The largest absolute Gasteiger partial charge is 0.279 e. The van der Waals surface area contributed by atoms with Crippen LogP contribution in [-0.2, 0) is 10.2 Å². The zero-order chi connectivity index (χ0) is 12.3. The quantitative estimate of drug-likeness (QED) is 0.786. The van der Waals surface area contributed by atoms with Crippen molar-refractivity contribution in [3.05, 3.63) is 0 Å². The van der Waals surface area contributed by atoms with Gasteiger partial charge in [0.05, 0.1) is 0 Å². The molecule has 2 unspecified atom stereocenters. The molecule has 0 aromatic rings. The van der Waals surface area contributed by atoms with Crippen molar-refractivity contribution >= 4 is 26.1 Å². The second-order valence-corrected chi connectivity index (χ2v) is 7.66. The van der Waals surface area contributed by atoms with Gasteiger partial charge in [-0.1, -0.05) is 22.4 Å². The first kappa shape index (κ1) is 14.4. The maximum atomic E-state index is 11.8. The normalized spacial score (nSPS) is 26.9. The number of hydrogen-bond acceptors (Lipinski definition) is 2. The molecular weight excluding hydrogens is 292 g/mol. The van der Waals surface area contributed by atoms with Crippen molar-refractivity contribution in [1.82, 2.24) is 9.03 Å². The Morgan fingerprint density at radius 2 is 2.06 bits per heavy atom. The third kappa shape index (κ3) is 3.68. The molecule has 0 saturated heterocycles. The van der Waals surface area contributed by atoms with Gasteiger partial charge in [-0.2, -0.15) is 12.7 Å². The van der Waals surface area contributed by atoms with Gasteiger partial charge in [-0.05, 0) is 32.6 Å². The second kappa shape index (κ2) is 5.80. The summed E-state index contributed by atoms with van der Waals surface area (Å²) in [5.74, 6) is 0.426. The highest BCUT2D eigenvalue weighted by Crippen LogP contribution is 2.30. The maximum absolute atomic E-state index is 11.8. The van der Waals surface area contributed by atoms with Crippen molar-refractivity contribution in [2.24, 2.45) is 5.92 Å². The summed E-state index contributed by atoms with van der Waals surface area (Å²) in [5, 5.41) is 0. The Labute approximate surface area is 107 Å². The first-order chi connectivity index (χ1) is 7.34. The van der Waals surface area contributed by atoms with Crippen molar-refractivity contribution < 1.29 is 8.42 Å². The molecular formula is C10H21BrN2O2S. The Balaban J connectivity index is 2.48. The highest BCUT2D eigenvalue weighted by molar-refractivity contribution is 9.09. The molecule has 16 heavy (non-hydrogen) atoms. The molecule has 0 aromatic carbocycles. The van der Waals surface area contributed by atoms with E-state index in [-0.39, 0.29) is 6.04 Å². The van der Waals surface area contributed by atoms with E-state index in [0.29, 0.717) is 17.3 Å². The minimum atomic E-state index is -3.31. The van der Waals surface area contributed by atoms with Gasteiger partial charge in [0.25, 0.3) is 10.2 Å². The fraction of sp³-hybridized carbons (Fsp3) is 1.00. The summed E-state index contributed by atoms with van der Waals surface area (Å²) in [5.41, 5.74) is 0. The van der Waals surface area contributed by atoms with Gasteiger partial charge in [0.1, 0.15) is 0 Å². The summed E-state index contributed by atoms with van der Waals surface area (Å²) in [4.78, 5) is 0.458. The van der Waals surface area contributed by atoms with Crippen LogP contribution in [-0.4, -0.2) is 37.2 Å². The van der Waals surface area contributed by atoms with Gasteiger partial charge in [0, 0.05) is 24.5 Å². The molecule has 0 aromatic heterocycles. The van der Waals surface area contributed by atoms with E-state index in [1.165, 1.54) is 10.7 Å². The topological polar surface area (TPSA) is 49.4 Å². The number of nitrogens with one attached hydrogen (secondary N) is 1. The van der Waals surface area contributed by atoms with Gasteiger partial charge in [-0.25, -0.2) is 4.72 Å². The van der Waals surface area contributed by atoms with E-state index in [4.69, 9.17) is 0 Å². The molecule has 1 aliphatic carbocycles. The van der Waals surface area contributed by atoms with Crippen LogP contribution in [0.3, 0.4) is 0 Å². The molecule has 2 atom stereocenters. The zero-order valence-electron chi connectivity index (χ0n) is 10.1. The van der Waals surface area contributed by atoms with E-state index in [2.05, 4.69) is 20.7 Å². The summed E-state index contributed by atoms with van der Waals surface area (Å²) in [7, 11) is -1.70. The van der Waals surface area contributed by atoms with Crippen LogP contribution in [0.4, 0.5) is 0 Å². The second-order valence-electron chi connectivity index (χ2n) is 4.67. The number of halogens is 1. The lowest BCUT2D eigenvalue weighted by Gasteiger charge is -2.23. The van der Waals surface area contributed by atoms with E-state index >= 15 is 0 Å². The van der Waals surface area contributed by atoms with Gasteiger partial charge in [-0.3, -0.25) is 0 Å². The Morgan fingerprint density at radius 1 is 1.44 bits per heavy atom. The van der Waals surface area contributed by atoms with Gasteiger partial charge in [-0.15, -0.1) is 0 Å². The molecule has 0 amide bonds. The third-order valence-electron chi connectivity index (χ3n) is 3.20. The van der Waals surface area contributed by atoms with Crippen LogP contribution in [0.25, 0.3) is 0 Å². The van der Waals surface area contributed by atoms with Gasteiger partial charge in [0.15, 0.2) is 0 Å². The molecule has 1 saturated carbocycles. The van der Waals surface area contributed by atoms with E-state index in [9.17, 15) is 8.42 Å². The average Bonchev–Trinajstić information content (AvgIpc) is 2.60. The van der Waals surface area contributed by atoms with Crippen molar-refractivity contribution in [2.75, 3.05) is 13.6 Å². The van der Waals surface area contributed by atoms with Crippen molar-refractivity contribution in [1.29, 1.82) is 0 Å². The maximum Gasteiger partial charge on any atom is 0.279 e. The van der Waals surface area contributed by atoms with Crippen molar-refractivity contribution in [2.45, 2.75) is 44.0 Å². The van der Waals surface area contributed by atoms with Gasteiger partial charge in [0.2, 0.25) is 0 Å². The lowest BCUT2D eigenvalue weighted by molar-refractivity contribution is 0.397. The minimum absolute atomic E-state index is 0.0131. The first-order valence-electron chi connectivity index (χ1n) is 5.71. The monoisotopic (exact) mass is 312 g/mol. The van der Waals surface area contributed by atoms with E-state index in [1.54, 1.807) is 7.05 Å². The third-order valence-corrected chi connectivity index (χ3v) is 6.12. The van der Waals surface area contributed by atoms with E-state index < -0.39 is 10.2 Å². The van der Waals surface area contributed by atoms with Crippen LogP contribution in [0.5, 0.6) is 0 Å². The van der Waals surface area contributed by atoms with Crippen LogP contribution in [0.15, 0.2) is 0 Å². The smallest absolute Gasteiger partial charge is 0.202 e. The van der Waals surface area contributed by atoms with Crippen molar-refractivity contribution in [3.8, 4) is 0 Å². The average molecular weight is 313 g/mol. The van der Waals surface area contributed by atoms with Gasteiger partial charge >= 0.3 is 0 Å². The Morgan fingerprint density at radius 3 is 2.50 bits per heavy atom. The molecule has 0 heterocycles. The predicted octanol–water partition coefficient (Wildman–Crippen LogP) is 1.72.